The van der Waals surface area contributed by atoms with Crippen molar-refractivity contribution >= 4 is 5.88 Å². The molecule has 1 aliphatic rings. The smallest absolute Gasteiger partial charge is 0.225 e. The number of likely N-dealkylation sites (tertiary alicyclic amines) is 1. The van der Waals surface area contributed by atoms with Crippen LogP contribution in [0.15, 0.2) is 10.7 Å². The molecule has 4 nitrogen and oxygen atoms in total. The Balaban J connectivity index is 2.06. The number of rotatable bonds is 1. The van der Waals surface area contributed by atoms with Crippen molar-refractivity contribution in [3.8, 4) is 0 Å². The van der Waals surface area contributed by atoms with Crippen molar-refractivity contribution in [3.63, 3.8) is 0 Å². The van der Waals surface area contributed by atoms with Crippen molar-refractivity contribution < 1.29 is 4.52 Å². The van der Waals surface area contributed by atoms with Gasteiger partial charge in [0.2, 0.25) is 5.88 Å². The summed E-state index contributed by atoms with van der Waals surface area (Å²) < 4.78 is 4.86. The van der Waals surface area contributed by atoms with Gasteiger partial charge in [-0.15, -0.1) is 0 Å². The van der Waals surface area contributed by atoms with E-state index < -0.39 is 0 Å². The highest BCUT2D eigenvalue weighted by Crippen LogP contribution is 2.30. The van der Waals surface area contributed by atoms with E-state index in [0.29, 0.717) is 11.8 Å². The highest BCUT2D eigenvalue weighted by Gasteiger charge is 2.21. The summed E-state index contributed by atoms with van der Waals surface area (Å²) in [6.45, 7) is 2.27. The zero-order valence-electron chi connectivity index (χ0n) is 7.86. The van der Waals surface area contributed by atoms with E-state index >= 15 is 0 Å². The molecule has 0 aliphatic carbocycles. The largest absolute Gasteiger partial charge is 0.367 e. The Kier molecular flexibility index (Phi) is 2.22. The molecular formula is C9H15N3O. The van der Waals surface area contributed by atoms with Crippen LogP contribution in [0.2, 0.25) is 0 Å². The fourth-order valence-corrected chi connectivity index (χ4v) is 1.88. The van der Waals surface area contributed by atoms with Crippen LogP contribution in [0, 0.1) is 0 Å². The van der Waals surface area contributed by atoms with Gasteiger partial charge in [0.1, 0.15) is 0 Å². The highest BCUT2D eigenvalue weighted by atomic mass is 16.5. The summed E-state index contributed by atoms with van der Waals surface area (Å²) in [6, 6.07) is 0. The summed E-state index contributed by atoms with van der Waals surface area (Å²) in [5, 5.41) is 3.70. The van der Waals surface area contributed by atoms with E-state index in [2.05, 4.69) is 17.1 Å². The first kappa shape index (κ1) is 8.56. The third kappa shape index (κ3) is 1.67. The van der Waals surface area contributed by atoms with Gasteiger partial charge in [-0.05, 0) is 38.9 Å². The van der Waals surface area contributed by atoms with Crippen LogP contribution in [0.1, 0.15) is 24.3 Å². The second kappa shape index (κ2) is 3.38. The molecule has 2 rings (SSSR count). The van der Waals surface area contributed by atoms with Crippen LogP contribution in [-0.4, -0.2) is 30.2 Å². The molecule has 1 aromatic heterocycles. The normalized spacial score (nSPS) is 20.7. The summed E-state index contributed by atoms with van der Waals surface area (Å²) in [5.41, 5.74) is 6.75. The van der Waals surface area contributed by atoms with Crippen LogP contribution >= 0.6 is 0 Å². The standard InChI is InChI=1S/C9H15N3O/c1-12-4-2-7(3-5-12)8-6-11-13-9(8)10/h6-7H,2-5,10H2,1H3. The number of nitrogen functional groups attached to an aromatic ring is 1. The average Bonchev–Trinajstić information content (AvgIpc) is 2.53. The number of hydrogen-bond acceptors (Lipinski definition) is 4. The molecule has 1 aliphatic heterocycles. The molecule has 2 heterocycles. The summed E-state index contributed by atoms with van der Waals surface area (Å²) in [5.74, 6) is 1.04. The fourth-order valence-electron chi connectivity index (χ4n) is 1.88. The van der Waals surface area contributed by atoms with Gasteiger partial charge in [-0.3, -0.25) is 0 Å². The molecule has 0 unspecified atom stereocenters. The van der Waals surface area contributed by atoms with Gasteiger partial charge >= 0.3 is 0 Å². The van der Waals surface area contributed by atoms with Gasteiger partial charge in [-0.1, -0.05) is 5.16 Å². The molecule has 1 aromatic rings. The Morgan fingerprint density at radius 2 is 2.23 bits per heavy atom. The van der Waals surface area contributed by atoms with E-state index in [1.165, 1.54) is 0 Å². The second-order valence-corrected chi connectivity index (χ2v) is 3.72. The molecule has 0 atom stereocenters. The number of piperidine rings is 1. The molecule has 13 heavy (non-hydrogen) atoms. The number of anilines is 1. The first-order valence-electron chi connectivity index (χ1n) is 4.66. The maximum atomic E-state index is 5.66. The van der Waals surface area contributed by atoms with Crippen molar-refractivity contribution in [1.29, 1.82) is 0 Å². The van der Waals surface area contributed by atoms with Gasteiger partial charge < -0.3 is 15.2 Å². The minimum Gasteiger partial charge on any atom is -0.367 e. The zero-order valence-corrected chi connectivity index (χ0v) is 7.86. The molecule has 0 bridgehead atoms. The van der Waals surface area contributed by atoms with E-state index in [9.17, 15) is 0 Å². The predicted molar refractivity (Wildman–Crippen MR) is 50.4 cm³/mol. The van der Waals surface area contributed by atoms with Crippen molar-refractivity contribution in [1.82, 2.24) is 10.1 Å². The van der Waals surface area contributed by atoms with E-state index in [1.807, 2.05) is 0 Å². The molecule has 0 saturated carbocycles. The third-order valence-corrected chi connectivity index (χ3v) is 2.79. The van der Waals surface area contributed by atoms with Gasteiger partial charge in [-0.25, -0.2) is 0 Å². The van der Waals surface area contributed by atoms with Crippen LogP contribution in [0.3, 0.4) is 0 Å². The Bertz CT molecular complexity index is 276. The maximum absolute atomic E-state index is 5.66. The van der Waals surface area contributed by atoms with Crippen LogP contribution in [0.25, 0.3) is 0 Å². The molecule has 72 valence electrons. The van der Waals surface area contributed by atoms with E-state index in [0.717, 1.165) is 31.5 Å². The zero-order chi connectivity index (χ0) is 9.26. The Hall–Kier alpha value is -1.03. The van der Waals surface area contributed by atoms with Crippen molar-refractivity contribution in [2.45, 2.75) is 18.8 Å². The summed E-state index contributed by atoms with van der Waals surface area (Å²) >= 11 is 0. The highest BCUT2D eigenvalue weighted by molar-refractivity contribution is 5.36. The Morgan fingerprint density at radius 1 is 1.54 bits per heavy atom. The fraction of sp³-hybridized carbons (Fsp3) is 0.667. The second-order valence-electron chi connectivity index (χ2n) is 3.72. The van der Waals surface area contributed by atoms with E-state index in [4.69, 9.17) is 10.3 Å². The molecule has 2 N–H and O–H groups in total. The minimum atomic E-state index is 0.495. The van der Waals surface area contributed by atoms with Gasteiger partial charge in [0, 0.05) is 5.56 Å². The SMILES string of the molecule is CN1CCC(c2cnoc2N)CC1. The Morgan fingerprint density at radius 3 is 2.77 bits per heavy atom. The molecule has 1 saturated heterocycles. The number of nitrogens with two attached hydrogens (primary N) is 1. The molecule has 4 heteroatoms. The van der Waals surface area contributed by atoms with Gasteiger partial charge in [0.25, 0.3) is 0 Å². The predicted octanol–water partition coefficient (Wildman–Crippen LogP) is 1.07. The van der Waals surface area contributed by atoms with Gasteiger partial charge in [0.05, 0.1) is 6.20 Å². The molecule has 0 aromatic carbocycles. The van der Waals surface area contributed by atoms with Crippen LogP contribution in [0.4, 0.5) is 5.88 Å². The average molecular weight is 181 g/mol. The van der Waals surface area contributed by atoms with Crippen LogP contribution in [0.5, 0.6) is 0 Å². The molecular weight excluding hydrogens is 166 g/mol. The lowest BCUT2D eigenvalue weighted by Gasteiger charge is -2.28. The van der Waals surface area contributed by atoms with Gasteiger partial charge in [0.15, 0.2) is 0 Å². The maximum Gasteiger partial charge on any atom is 0.225 e. The first-order chi connectivity index (χ1) is 6.27. The van der Waals surface area contributed by atoms with E-state index in [1.54, 1.807) is 6.20 Å². The lowest BCUT2D eigenvalue weighted by Crippen LogP contribution is -2.29. The lowest BCUT2D eigenvalue weighted by molar-refractivity contribution is 0.255. The van der Waals surface area contributed by atoms with Crippen LogP contribution < -0.4 is 5.73 Å². The first-order valence-corrected chi connectivity index (χ1v) is 4.66. The van der Waals surface area contributed by atoms with Gasteiger partial charge in [-0.2, -0.15) is 0 Å². The quantitative estimate of drug-likeness (QED) is 0.704. The number of nitrogens with zero attached hydrogens (tertiary/aromatic N) is 2. The van der Waals surface area contributed by atoms with Crippen molar-refractivity contribution in [2.24, 2.45) is 0 Å². The summed E-state index contributed by atoms with van der Waals surface area (Å²) in [6.07, 6.45) is 4.06. The van der Waals surface area contributed by atoms with E-state index in [-0.39, 0.29) is 0 Å². The molecule has 0 amide bonds. The molecule has 0 spiro atoms. The lowest BCUT2D eigenvalue weighted by atomic mass is 9.91. The van der Waals surface area contributed by atoms with Crippen LogP contribution in [-0.2, 0) is 0 Å². The topological polar surface area (TPSA) is 55.3 Å². The monoisotopic (exact) mass is 181 g/mol. The summed E-state index contributed by atoms with van der Waals surface area (Å²) in [7, 11) is 2.15. The minimum absolute atomic E-state index is 0.495. The molecule has 1 fully saturated rings. The number of aromatic nitrogens is 1. The summed E-state index contributed by atoms with van der Waals surface area (Å²) in [4.78, 5) is 2.33. The third-order valence-electron chi connectivity index (χ3n) is 2.79. The Labute approximate surface area is 77.7 Å². The number of hydrogen-bond donors (Lipinski definition) is 1. The molecule has 0 radical (unpaired) electrons. The van der Waals surface area contributed by atoms with Crippen molar-refractivity contribution in [2.75, 3.05) is 25.9 Å². The van der Waals surface area contributed by atoms with Crippen molar-refractivity contribution in [3.05, 3.63) is 11.8 Å².